The number of fused-ring (bicyclic) bond motifs is 1. The Morgan fingerprint density at radius 2 is 2.27 bits per heavy atom. The third-order valence-corrected chi connectivity index (χ3v) is 5.89. The Kier molecular flexibility index (Phi) is 5.59. The molecule has 33 heavy (non-hydrogen) atoms. The van der Waals surface area contributed by atoms with E-state index in [-0.39, 0.29) is 28.4 Å². The summed E-state index contributed by atoms with van der Waals surface area (Å²) < 4.78 is 27.6. The molecule has 5 heterocycles. The van der Waals surface area contributed by atoms with Gasteiger partial charge in [-0.15, -0.1) is 0 Å². The molecule has 0 saturated carbocycles. The first-order valence-corrected chi connectivity index (χ1v) is 11.0. The van der Waals surface area contributed by atoms with E-state index in [9.17, 15) is 9.18 Å². The number of aromatic nitrogens is 4. The summed E-state index contributed by atoms with van der Waals surface area (Å²) in [5.74, 6) is -0.338. The number of nitrogens with one attached hydrogen (secondary N) is 2. The zero-order valence-electron chi connectivity index (χ0n) is 18.6. The Labute approximate surface area is 190 Å². The highest BCUT2D eigenvalue weighted by molar-refractivity contribution is 6.05. The first-order valence-electron chi connectivity index (χ1n) is 11.0. The van der Waals surface area contributed by atoms with Crippen molar-refractivity contribution in [2.45, 2.75) is 25.9 Å². The Morgan fingerprint density at radius 3 is 3.06 bits per heavy atom. The number of nitrogens with zero attached hydrogens (tertiary/aromatic N) is 5. The smallest absolute Gasteiger partial charge is 0.262 e. The molecule has 11 heteroatoms. The molecule has 0 aromatic carbocycles. The average Bonchev–Trinajstić information content (AvgIpc) is 3.40. The first-order chi connectivity index (χ1) is 16.0. The second-order valence-corrected chi connectivity index (χ2v) is 8.35. The first kappa shape index (κ1) is 21.5. The minimum atomic E-state index is -0.528. The molecular formula is C22H26FN7O3. The molecule has 1 unspecified atom stereocenters. The molecule has 2 saturated heterocycles. The van der Waals surface area contributed by atoms with Crippen molar-refractivity contribution in [2.24, 2.45) is 0 Å². The molecular weight excluding hydrogens is 429 g/mol. The summed E-state index contributed by atoms with van der Waals surface area (Å²) in [6.45, 7) is 7.55. The number of anilines is 2. The molecule has 1 amide bonds. The topological polar surface area (TPSA) is 106 Å². The maximum atomic E-state index is 14.4. The number of halogens is 1. The minimum absolute atomic E-state index is 0.174. The summed E-state index contributed by atoms with van der Waals surface area (Å²) >= 11 is 0. The highest BCUT2D eigenvalue weighted by atomic mass is 19.1. The molecule has 2 N–H and O–H groups in total. The van der Waals surface area contributed by atoms with Crippen LogP contribution in [-0.4, -0.2) is 70.3 Å². The van der Waals surface area contributed by atoms with Gasteiger partial charge in [-0.1, -0.05) is 0 Å². The van der Waals surface area contributed by atoms with Gasteiger partial charge in [0, 0.05) is 37.7 Å². The van der Waals surface area contributed by atoms with E-state index in [0.29, 0.717) is 37.9 Å². The Morgan fingerprint density at radius 1 is 1.39 bits per heavy atom. The number of morpholine rings is 1. The number of carbonyl (C=O) groups is 1. The number of rotatable bonds is 5. The Balaban J connectivity index is 1.39. The lowest BCUT2D eigenvalue weighted by Gasteiger charge is -2.40. The molecule has 2 aliphatic rings. The molecule has 1 spiro atoms. The van der Waals surface area contributed by atoms with E-state index < -0.39 is 11.7 Å². The van der Waals surface area contributed by atoms with Crippen LogP contribution >= 0.6 is 0 Å². The fourth-order valence-electron chi connectivity index (χ4n) is 4.35. The largest absolute Gasteiger partial charge is 0.477 e. The van der Waals surface area contributed by atoms with Gasteiger partial charge in [0.2, 0.25) is 11.8 Å². The number of pyridine rings is 1. The average molecular weight is 455 g/mol. The zero-order chi connectivity index (χ0) is 23.0. The van der Waals surface area contributed by atoms with Gasteiger partial charge in [0.25, 0.3) is 5.91 Å². The van der Waals surface area contributed by atoms with Gasteiger partial charge in [-0.2, -0.15) is 4.98 Å². The number of carbonyl (C=O) groups excluding carboxylic acids is 1. The summed E-state index contributed by atoms with van der Waals surface area (Å²) in [5, 5.41) is 6.06. The fraction of sp³-hybridized carbons (Fsp3) is 0.455. The molecule has 3 aromatic heterocycles. The van der Waals surface area contributed by atoms with Crippen LogP contribution in [0.1, 0.15) is 29.4 Å². The van der Waals surface area contributed by atoms with Crippen LogP contribution in [0.5, 0.6) is 5.88 Å². The molecule has 5 rings (SSSR count). The van der Waals surface area contributed by atoms with E-state index in [1.165, 1.54) is 16.7 Å². The van der Waals surface area contributed by atoms with E-state index in [1.54, 1.807) is 19.3 Å². The fourth-order valence-corrected chi connectivity index (χ4v) is 4.35. The van der Waals surface area contributed by atoms with Crippen molar-refractivity contribution in [3.63, 3.8) is 0 Å². The summed E-state index contributed by atoms with van der Waals surface area (Å²) in [5.41, 5.74) is 1.11. The minimum Gasteiger partial charge on any atom is -0.477 e. The van der Waals surface area contributed by atoms with E-state index in [1.807, 2.05) is 6.92 Å². The second kappa shape index (κ2) is 8.56. The number of aryl methyl sites for hydroxylation is 1. The predicted molar refractivity (Wildman–Crippen MR) is 119 cm³/mol. The van der Waals surface area contributed by atoms with Crippen LogP contribution in [0.25, 0.3) is 5.65 Å². The predicted octanol–water partition coefficient (Wildman–Crippen LogP) is 1.79. The number of imidazole rings is 1. The maximum Gasteiger partial charge on any atom is 0.262 e. The Hall–Kier alpha value is -3.31. The van der Waals surface area contributed by atoms with Crippen LogP contribution in [0.3, 0.4) is 0 Å². The monoisotopic (exact) mass is 455 g/mol. The molecule has 3 aromatic rings. The van der Waals surface area contributed by atoms with E-state index in [0.717, 1.165) is 19.5 Å². The number of amides is 1. The van der Waals surface area contributed by atoms with Crippen LogP contribution in [0, 0.1) is 12.7 Å². The highest BCUT2D eigenvalue weighted by Gasteiger charge is 2.40. The third kappa shape index (κ3) is 4.21. The van der Waals surface area contributed by atoms with Gasteiger partial charge >= 0.3 is 0 Å². The van der Waals surface area contributed by atoms with Crippen LogP contribution in [0.4, 0.5) is 16.0 Å². The van der Waals surface area contributed by atoms with Gasteiger partial charge in [-0.3, -0.25) is 4.79 Å². The van der Waals surface area contributed by atoms with Crippen LogP contribution in [0.2, 0.25) is 0 Å². The normalized spacial score (nSPS) is 20.5. The van der Waals surface area contributed by atoms with Crippen LogP contribution in [-0.2, 0) is 4.74 Å². The van der Waals surface area contributed by atoms with Crippen molar-refractivity contribution in [3.8, 4) is 5.88 Å². The summed E-state index contributed by atoms with van der Waals surface area (Å²) in [4.78, 5) is 28.2. The summed E-state index contributed by atoms with van der Waals surface area (Å²) in [7, 11) is 0. The molecule has 0 bridgehead atoms. The van der Waals surface area contributed by atoms with Gasteiger partial charge < -0.3 is 29.4 Å². The molecule has 1 atom stereocenters. The number of ether oxygens (including phenoxy) is 2. The van der Waals surface area contributed by atoms with Crippen molar-refractivity contribution in [2.75, 3.05) is 49.6 Å². The van der Waals surface area contributed by atoms with E-state index in [2.05, 4.69) is 30.5 Å². The zero-order valence-corrected chi connectivity index (χ0v) is 18.6. The van der Waals surface area contributed by atoms with Gasteiger partial charge in [0.05, 0.1) is 36.7 Å². The number of hydrogen-bond donors (Lipinski definition) is 2. The third-order valence-electron chi connectivity index (χ3n) is 5.89. The van der Waals surface area contributed by atoms with Gasteiger partial charge in [0.1, 0.15) is 5.56 Å². The second-order valence-electron chi connectivity index (χ2n) is 8.35. The lowest BCUT2D eigenvalue weighted by Crippen LogP contribution is -2.53. The van der Waals surface area contributed by atoms with Crippen molar-refractivity contribution in [1.82, 2.24) is 24.7 Å². The van der Waals surface area contributed by atoms with Crippen molar-refractivity contribution >= 4 is 23.2 Å². The maximum absolute atomic E-state index is 14.4. The molecule has 0 radical (unpaired) electrons. The molecule has 10 nitrogen and oxygen atoms in total. The van der Waals surface area contributed by atoms with Gasteiger partial charge in [-0.05, 0) is 26.8 Å². The summed E-state index contributed by atoms with van der Waals surface area (Å²) in [6, 6.07) is 1.23. The summed E-state index contributed by atoms with van der Waals surface area (Å²) in [6.07, 6.45) is 5.68. The van der Waals surface area contributed by atoms with Crippen molar-refractivity contribution in [1.29, 1.82) is 0 Å². The van der Waals surface area contributed by atoms with Crippen molar-refractivity contribution in [3.05, 3.63) is 41.7 Å². The Bertz CT molecular complexity index is 1190. The van der Waals surface area contributed by atoms with Crippen LogP contribution in [0.15, 0.2) is 24.7 Å². The molecule has 2 aliphatic heterocycles. The number of hydrogen-bond acceptors (Lipinski definition) is 8. The highest BCUT2D eigenvalue weighted by Crippen LogP contribution is 2.28. The van der Waals surface area contributed by atoms with E-state index >= 15 is 0 Å². The lowest BCUT2D eigenvalue weighted by molar-refractivity contribution is -0.0408. The molecule has 174 valence electrons. The quantitative estimate of drug-likeness (QED) is 0.600. The van der Waals surface area contributed by atoms with Gasteiger partial charge in [0.15, 0.2) is 11.5 Å². The van der Waals surface area contributed by atoms with E-state index in [4.69, 9.17) is 9.47 Å². The molecule has 0 aliphatic carbocycles. The molecule has 2 fully saturated rings. The van der Waals surface area contributed by atoms with Crippen molar-refractivity contribution < 1.29 is 18.7 Å². The SMILES string of the molecule is CCOc1nc(N2CCOC3(CCNC3)C2)ncc1C(=O)Nc1cc(F)c2nc(C)cn2c1. The standard InChI is InChI=1S/C22H26FN7O3/c1-3-32-20-16(19(31)27-15-8-17(23)18-26-14(2)10-30(18)11-15)9-25-21(28-20)29-6-7-33-22(13-29)4-5-24-12-22/h8-11,24H,3-7,12-13H2,1-2H3,(H,27,31). The van der Waals surface area contributed by atoms with Crippen LogP contribution < -0.4 is 20.3 Å². The lowest BCUT2D eigenvalue weighted by atomic mass is 10.0. The van der Waals surface area contributed by atoms with Gasteiger partial charge in [-0.25, -0.2) is 14.4 Å².